The lowest BCUT2D eigenvalue weighted by molar-refractivity contribution is -0.458. The Morgan fingerprint density at radius 1 is 0.578 bits per heavy atom. The van der Waals surface area contributed by atoms with Gasteiger partial charge in [-0.3, -0.25) is 0 Å². The van der Waals surface area contributed by atoms with Crippen molar-refractivity contribution in [2.24, 2.45) is 0 Å². The van der Waals surface area contributed by atoms with Crippen molar-refractivity contribution in [1.82, 2.24) is 0 Å². The van der Waals surface area contributed by atoms with Crippen molar-refractivity contribution in [2.75, 3.05) is 18.1 Å². The first-order valence-electron chi connectivity index (χ1n) is 12.1. The molecule has 0 heterocycles. The Morgan fingerprint density at radius 2 is 0.956 bits per heavy atom. The van der Waals surface area contributed by atoms with E-state index in [0.29, 0.717) is 12.8 Å². The Labute approximate surface area is 245 Å². The molecule has 0 N–H and O–H groups in total. The number of benzene rings is 1. The number of ether oxygens (including phenoxy) is 1. The molecule has 0 saturated carbocycles. The van der Waals surface area contributed by atoms with Gasteiger partial charge in [0.25, 0.3) is 0 Å². The predicted molar refractivity (Wildman–Crippen MR) is 124 cm³/mol. The van der Waals surface area contributed by atoms with Crippen molar-refractivity contribution in [3.63, 3.8) is 0 Å². The van der Waals surface area contributed by atoms with E-state index in [2.05, 4.69) is 3.63 Å². The zero-order chi connectivity index (χ0) is 35.9. The van der Waals surface area contributed by atoms with Crippen molar-refractivity contribution >= 4 is 20.4 Å². The fourth-order valence-electron chi connectivity index (χ4n) is 3.31. The summed E-state index contributed by atoms with van der Waals surface area (Å²) < 4.78 is 265. The zero-order valence-electron chi connectivity index (χ0n) is 22.7. The molecule has 1 aromatic carbocycles. The standard InChI is InChI=1S/C22H23F17O4S2/c1-4-7-12-42-13-8-10-14(11-9-13)44(5-2,6-3)43-45(40,41)22(38,39)20(33,34)18(29,30)16(25,26)15(23,24)17(27,28)19(31,32)21(35,36)37/h8-11H,4-7,12H2,1-3H3. The Bertz CT molecular complexity index is 1260. The van der Waals surface area contributed by atoms with E-state index in [-0.39, 0.29) is 17.3 Å². The summed E-state index contributed by atoms with van der Waals surface area (Å²) in [5, 5.41) is -7.74. The van der Waals surface area contributed by atoms with Crippen molar-refractivity contribution in [3.05, 3.63) is 24.3 Å². The molecular weight excluding hydrogens is 715 g/mol. The Morgan fingerprint density at radius 3 is 1.31 bits per heavy atom. The summed E-state index contributed by atoms with van der Waals surface area (Å²) in [4.78, 5) is -0.379. The monoisotopic (exact) mass is 738 g/mol. The molecule has 4 nitrogen and oxygen atoms in total. The van der Waals surface area contributed by atoms with Crippen LogP contribution in [0, 0.1) is 0 Å². The molecule has 45 heavy (non-hydrogen) atoms. The summed E-state index contributed by atoms with van der Waals surface area (Å²) in [6, 6.07) is 4.13. The van der Waals surface area contributed by atoms with Crippen LogP contribution in [0.1, 0.15) is 33.6 Å². The third kappa shape index (κ3) is 6.37. The van der Waals surface area contributed by atoms with Gasteiger partial charge in [-0.2, -0.15) is 83.1 Å². The van der Waals surface area contributed by atoms with E-state index in [1.54, 1.807) is 6.92 Å². The van der Waals surface area contributed by atoms with Crippen LogP contribution >= 0.6 is 10.3 Å². The van der Waals surface area contributed by atoms with Crippen LogP contribution in [-0.4, -0.2) is 73.5 Å². The topological polar surface area (TPSA) is 52.6 Å². The van der Waals surface area contributed by atoms with E-state index in [4.69, 9.17) is 4.74 Å². The average Bonchev–Trinajstić information content (AvgIpc) is 2.90. The zero-order valence-corrected chi connectivity index (χ0v) is 24.4. The number of hydrogen-bond acceptors (Lipinski definition) is 4. The Kier molecular flexibility index (Phi) is 11.5. The van der Waals surface area contributed by atoms with Crippen LogP contribution in [0.5, 0.6) is 5.75 Å². The van der Waals surface area contributed by atoms with Gasteiger partial charge in [0.05, 0.1) is 6.61 Å². The molecule has 0 aliphatic carbocycles. The van der Waals surface area contributed by atoms with Crippen LogP contribution in [0.4, 0.5) is 74.6 Å². The maximum atomic E-state index is 14.6. The second-order valence-corrected chi connectivity index (χ2v) is 14.3. The molecule has 0 aliphatic rings. The Balaban J connectivity index is 3.70. The van der Waals surface area contributed by atoms with Gasteiger partial charge in [-0.15, -0.1) is 0 Å². The number of rotatable bonds is 16. The van der Waals surface area contributed by atoms with Gasteiger partial charge in [0, 0.05) is 16.4 Å². The molecule has 0 atom stereocenters. The average molecular weight is 739 g/mol. The summed E-state index contributed by atoms with van der Waals surface area (Å²) in [5.41, 5.74) is 0. The lowest BCUT2D eigenvalue weighted by Gasteiger charge is -2.43. The minimum Gasteiger partial charge on any atom is -0.494 e. The molecule has 0 spiro atoms. The second kappa shape index (κ2) is 12.6. The van der Waals surface area contributed by atoms with Gasteiger partial charge < -0.3 is 4.74 Å². The minimum absolute atomic E-state index is 0.100. The molecule has 0 radical (unpaired) electrons. The normalized spacial score (nSPS) is 15.7. The van der Waals surface area contributed by atoms with Gasteiger partial charge in [-0.25, -0.2) is 3.63 Å². The second-order valence-electron chi connectivity index (χ2n) is 9.05. The molecule has 0 aromatic heterocycles. The molecule has 23 heteroatoms. The van der Waals surface area contributed by atoms with Crippen LogP contribution in [0.3, 0.4) is 0 Å². The van der Waals surface area contributed by atoms with E-state index in [0.717, 1.165) is 38.1 Å². The number of alkyl halides is 17. The predicted octanol–water partition coefficient (Wildman–Crippen LogP) is 9.30. The quantitative estimate of drug-likeness (QED) is 0.125. The molecular formula is C22H23F17O4S2. The van der Waals surface area contributed by atoms with E-state index in [1.807, 2.05) is 0 Å². The smallest absolute Gasteiger partial charge is 0.460 e. The highest BCUT2D eigenvalue weighted by Crippen LogP contribution is 2.66. The van der Waals surface area contributed by atoms with Gasteiger partial charge in [0.15, 0.2) is 0 Å². The van der Waals surface area contributed by atoms with Crippen LogP contribution in [-0.2, 0) is 13.7 Å². The molecule has 0 bridgehead atoms. The molecule has 1 rings (SSSR count). The first-order chi connectivity index (χ1) is 19.9. The van der Waals surface area contributed by atoms with Crippen LogP contribution in [0.2, 0.25) is 0 Å². The first-order valence-corrected chi connectivity index (χ1v) is 15.4. The third-order valence-corrected chi connectivity index (χ3v) is 11.8. The van der Waals surface area contributed by atoms with E-state index in [1.165, 1.54) is 0 Å². The maximum Gasteiger partial charge on any atom is 0.460 e. The molecule has 1 aromatic rings. The third-order valence-electron chi connectivity index (χ3n) is 6.18. The minimum atomic E-state index is -8.91. The summed E-state index contributed by atoms with van der Waals surface area (Å²) in [6.45, 7) is 3.97. The highest BCUT2D eigenvalue weighted by molar-refractivity contribution is 8.33. The van der Waals surface area contributed by atoms with E-state index >= 15 is 0 Å². The molecule has 0 saturated heterocycles. The van der Waals surface area contributed by atoms with Crippen molar-refractivity contribution in [1.29, 1.82) is 0 Å². The molecule has 0 fully saturated rings. The number of hydrogen-bond donors (Lipinski definition) is 0. The van der Waals surface area contributed by atoms with Gasteiger partial charge >= 0.3 is 57.1 Å². The highest BCUT2D eigenvalue weighted by atomic mass is 32.3. The van der Waals surface area contributed by atoms with Crippen LogP contribution < -0.4 is 4.74 Å². The fraction of sp³-hybridized carbons (Fsp3) is 0.727. The summed E-state index contributed by atoms with van der Waals surface area (Å²) in [5.74, 6) is -53.3. The van der Waals surface area contributed by atoms with Gasteiger partial charge in [-0.1, -0.05) is 37.5 Å². The van der Waals surface area contributed by atoms with Gasteiger partial charge in [-0.05, 0) is 30.7 Å². The maximum absolute atomic E-state index is 14.6. The van der Waals surface area contributed by atoms with Crippen LogP contribution in [0.25, 0.3) is 0 Å². The molecule has 0 amide bonds. The van der Waals surface area contributed by atoms with Gasteiger partial charge in [0.2, 0.25) is 0 Å². The molecule has 0 aliphatic heterocycles. The molecule has 0 unspecified atom stereocenters. The van der Waals surface area contributed by atoms with Gasteiger partial charge in [0.1, 0.15) is 5.75 Å². The van der Waals surface area contributed by atoms with E-state index < -0.39 is 78.9 Å². The number of unbranched alkanes of at least 4 members (excludes halogenated alkanes) is 1. The highest BCUT2D eigenvalue weighted by Gasteiger charge is 2.96. The summed E-state index contributed by atoms with van der Waals surface area (Å²) in [7, 11) is -11.5. The fourth-order valence-corrected chi connectivity index (χ4v) is 8.26. The summed E-state index contributed by atoms with van der Waals surface area (Å²) in [6.07, 6.45) is -6.66. The molecule has 266 valence electrons. The van der Waals surface area contributed by atoms with Crippen molar-refractivity contribution in [3.8, 4) is 5.75 Å². The summed E-state index contributed by atoms with van der Waals surface area (Å²) >= 11 is 0. The lowest BCUT2D eigenvalue weighted by atomic mass is 9.91. The largest absolute Gasteiger partial charge is 0.494 e. The SMILES string of the molecule is CCCCOc1ccc(S(CC)(CC)OS(=O)(=O)C(F)(F)C(F)(F)C(F)(F)C(F)(F)C(F)(F)C(F)(F)C(F)(F)C(F)(F)F)cc1. The lowest BCUT2D eigenvalue weighted by Crippen LogP contribution is -2.75. The Hall–Kier alpha value is -1.91. The number of halogens is 17. The van der Waals surface area contributed by atoms with Crippen molar-refractivity contribution < 1.29 is 91.4 Å². The first kappa shape index (κ1) is 41.1. The van der Waals surface area contributed by atoms with Crippen LogP contribution in [0.15, 0.2) is 29.2 Å². The van der Waals surface area contributed by atoms with Crippen molar-refractivity contribution in [2.45, 2.75) is 85.5 Å². The van der Waals surface area contributed by atoms with E-state index in [9.17, 15) is 83.1 Å².